The Morgan fingerprint density at radius 2 is 2.13 bits per heavy atom. The van der Waals surface area contributed by atoms with Crippen LogP contribution in [0.3, 0.4) is 0 Å². The van der Waals surface area contributed by atoms with Crippen LogP contribution in [0.15, 0.2) is 18.2 Å². The summed E-state index contributed by atoms with van der Waals surface area (Å²) in [6, 6.07) is 3.92. The monoisotopic (exact) mass is 207 g/mol. The summed E-state index contributed by atoms with van der Waals surface area (Å²) < 4.78 is 0. The van der Waals surface area contributed by atoms with Gasteiger partial charge in [0.1, 0.15) is 0 Å². The van der Waals surface area contributed by atoms with Crippen LogP contribution in [0.1, 0.15) is 34.7 Å². The van der Waals surface area contributed by atoms with Crippen molar-refractivity contribution in [2.45, 2.75) is 18.8 Å². The molecule has 0 bridgehead atoms. The highest BCUT2D eigenvalue weighted by molar-refractivity contribution is 5.90. The van der Waals surface area contributed by atoms with Crippen LogP contribution >= 0.6 is 0 Å². The maximum absolute atomic E-state index is 10.9. The number of nitro benzene ring substituents is 1. The molecule has 0 saturated heterocycles. The lowest BCUT2D eigenvalue weighted by molar-refractivity contribution is -0.384. The molecule has 1 fully saturated rings. The standard InChI is InChI=1S/C10H9NO4/c12-10(13)8-4-3-7(11(14)15)5-9(8)6-1-2-6/h3-6H,1-2H2,(H,12,13). The molecule has 1 saturated carbocycles. The van der Waals surface area contributed by atoms with Gasteiger partial charge in [-0.25, -0.2) is 4.79 Å². The Hall–Kier alpha value is -1.91. The largest absolute Gasteiger partial charge is 0.478 e. The highest BCUT2D eigenvalue weighted by atomic mass is 16.6. The van der Waals surface area contributed by atoms with Crippen molar-refractivity contribution in [2.24, 2.45) is 0 Å². The summed E-state index contributed by atoms with van der Waals surface area (Å²) in [6.45, 7) is 0. The smallest absolute Gasteiger partial charge is 0.335 e. The molecule has 0 spiro atoms. The van der Waals surface area contributed by atoms with Gasteiger partial charge in [0, 0.05) is 12.1 Å². The van der Waals surface area contributed by atoms with Gasteiger partial charge < -0.3 is 5.11 Å². The molecule has 2 rings (SSSR count). The van der Waals surface area contributed by atoms with Crippen LogP contribution in [0.2, 0.25) is 0 Å². The summed E-state index contributed by atoms with van der Waals surface area (Å²) in [6.07, 6.45) is 1.84. The van der Waals surface area contributed by atoms with Crippen LogP contribution < -0.4 is 0 Å². The summed E-state index contributed by atoms with van der Waals surface area (Å²) in [7, 11) is 0. The molecule has 5 nitrogen and oxygen atoms in total. The van der Waals surface area contributed by atoms with Crippen molar-refractivity contribution in [1.82, 2.24) is 0 Å². The van der Waals surface area contributed by atoms with Gasteiger partial charge in [0.25, 0.3) is 5.69 Å². The zero-order valence-corrected chi connectivity index (χ0v) is 7.84. The van der Waals surface area contributed by atoms with Gasteiger partial charge in [-0.1, -0.05) is 0 Å². The molecule has 15 heavy (non-hydrogen) atoms. The molecule has 1 aliphatic rings. The van der Waals surface area contributed by atoms with Gasteiger partial charge in [-0.2, -0.15) is 0 Å². The number of rotatable bonds is 3. The van der Waals surface area contributed by atoms with E-state index in [9.17, 15) is 14.9 Å². The number of benzene rings is 1. The summed E-state index contributed by atoms with van der Waals surface area (Å²) in [5, 5.41) is 19.4. The van der Waals surface area contributed by atoms with Gasteiger partial charge in [-0.15, -0.1) is 0 Å². The van der Waals surface area contributed by atoms with Gasteiger partial charge in [0.15, 0.2) is 0 Å². The zero-order chi connectivity index (χ0) is 11.0. The first-order valence-electron chi connectivity index (χ1n) is 4.61. The van der Waals surface area contributed by atoms with E-state index in [-0.39, 0.29) is 17.2 Å². The van der Waals surface area contributed by atoms with Crippen LogP contribution in [0.25, 0.3) is 0 Å². The number of hydrogen-bond acceptors (Lipinski definition) is 3. The fourth-order valence-corrected chi connectivity index (χ4v) is 1.59. The van der Waals surface area contributed by atoms with E-state index in [1.54, 1.807) is 0 Å². The summed E-state index contributed by atoms with van der Waals surface area (Å²) in [5.41, 5.74) is 0.738. The molecule has 1 aliphatic carbocycles. The van der Waals surface area contributed by atoms with Gasteiger partial charge in [0.05, 0.1) is 10.5 Å². The van der Waals surface area contributed by atoms with E-state index in [0.717, 1.165) is 12.8 Å². The van der Waals surface area contributed by atoms with Crippen molar-refractivity contribution >= 4 is 11.7 Å². The number of carbonyl (C=O) groups is 1. The van der Waals surface area contributed by atoms with Crippen LogP contribution in [0.4, 0.5) is 5.69 Å². The number of carboxylic acid groups (broad SMARTS) is 1. The molecular formula is C10H9NO4. The predicted octanol–water partition coefficient (Wildman–Crippen LogP) is 2.17. The third-order valence-electron chi connectivity index (χ3n) is 2.49. The van der Waals surface area contributed by atoms with Crippen LogP contribution in [0.5, 0.6) is 0 Å². The Morgan fingerprint density at radius 1 is 1.47 bits per heavy atom. The van der Waals surface area contributed by atoms with Crippen molar-refractivity contribution in [2.75, 3.05) is 0 Å². The van der Waals surface area contributed by atoms with E-state index in [4.69, 9.17) is 5.11 Å². The third-order valence-corrected chi connectivity index (χ3v) is 2.49. The molecule has 0 heterocycles. The van der Waals surface area contributed by atoms with Crippen LogP contribution in [-0.2, 0) is 0 Å². The maximum atomic E-state index is 10.9. The second-order valence-corrected chi connectivity index (χ2v) is 3.61. The van der Waals surface area contributed by atoms with Crippen molar-refractivity contribution in [3.63, 3.8) is 0 Å². The molecular weight excluding hydrogens is 198 g/mol. The SMILES string of the molecule is O=C(O)c1ccc([N+](=O)[O-])cc1C1CC1. The van der Waals surface area contributed by atoms with E-state index in [1.165, 1.54) is 18.2 Å². The molecule has 5 heteroatoms. The average molecular weight is 207 g/mol. The average Bonchev–Trinajstić information content (AvgIpc) is 2.99. The topological polar surface area (TPSA) is 80.4 Å². The number of nitrogens with zero attached hydrogens (tertiary/aromatic N) is 1. The quantitative estimate of drug-likeness (QED) is 0.608. The first-order valence-corrected chi connectivity index (χ1v) is 4.61. The second-order valence-electron chi connectivity index (χ2n) is 3.61. The summed E-state index contributed by atoms with van der Waals surface area (Å²) in [4.78, 5) is 20.9. The first-order chi connectivity index (χ1) is 7.09. The number of hydrogen-bond donors (Lipinski definition) is 1. The summed E-state index contributed by atoms with van der Waals surface area (Å²) in [5.74, 6) is -0.831. The Balaban J connectivity index is 2.48. The lowest BCUT2D eigenvalue weighted by Gasteiger charge is -2.03. The van der Waals surface area contributed by atoms with Crippen molar-refractivity contribution in [3.05, 3.63) is 39.4 Å². The van der Waals surface area contributed by atoms with Gasteiger partial charge in [-0.3, -0.25) is 10.1 Å². The zero-order valence-electron chi connectivity index (χ0n) is 7.84. The number of carboxylic acids is 1. The number of nitro groups is 1. The molecule has 0 amide bonds. The molecule has 0 radical (unpaired) electrons. The maximum Gasteiger partial charge on any atom is 0.335 e. The number of aromatic carboxylic acids is 1. The molecule has 1 aromatic rings. The molecule has 1 N–H and O–H groups in total. The van der Waals surface area contributed by atoms with Gasteiger partial charge in [-0.05, 0) is 30.4 Å². The minimum Gasteiger partial charge on any atom is -0.478 e. The number of non-ortho nitro benzene ring substituents is 1. The molecule has 0 aliphatic heterocycles. The Kier molecular flexibility index (Phi) is 2.15. The van der Waals surface area contributed by atoms with E-state index in [0.29, 0.717) is 5.56 Å². The normalized spacial score (nSPS) is 14.9. The minimum absolute atomic E-state index is 0.0399. The van der Waals surface area contributed by atoms with E-state index in [2.05, 4.69) is 0 Å². The predicted molar refractivity (Wildman–Crippen MR) is 52.0 cm³/mol. The van der Waals surface area contributed by atoms with E-state index >= 15 is 0 Å². The van der Waals surface area contributed by atoms with E-state index in [1.807, 2.05) is 0 Å². The van der Waals surface area contributed by atoms with Crippen LogP contribution in [-0.4, -0.2) is 16.0 Å². The molecule has 1 aromatic carbocycles. The summed E-state index contributed by atoms with van der Waals surface area (Å²) >= 11 is 0. The molecule has 0 unspecified atom stereocenters. The highest BCUT2D eigenvalue weighted by Gasteiger charge is 2.29. The van der Waals surface area contributed by atoms with Gasteiger partial charge >= 0.3 is 5.97 Å². The Bertz CT molecular complexity index is 437. The highest BCUT2D eigenvalue weighted by Crippen LogP contribution is 2.42. The molecule has 78 valence electrons. The van der Waals surface area contributed by atoms with Gasteiger partial charge in [0.2, 0.25) is 0 Å². The minimum atomic E-state index is -1.02. The van der Waals surface area contributed by atoms with Crippen LogP contribution in [0, 0.1) is 10.1 Å². The third kappa shape index (κ3) is 1.81. The molecule has 0 aromatic heterocycles. The lowest BCUT2D eigenvalue weighted by Crippen LogP contribution is -2.02. The first kappa shape index (κ1) is 9.64. The lowest BCUT2D eigenvalue weighted by atomic mass is 10.0. The van der Waals surface area contributed by atoms with Crippen molar-refractivity contribution < 1.29 is 14.8 Å². The second kappa shape index (κ2) is 3.34. The molecule has 0 atom stereocenters. The van der Waals surface area contributed by atoms with Crippen molar-refractivity contribution in [1.29, 1.82) is 0 Å². The Morgan fingerprint density at radius 3 is 2.60 bits per heavy atom. The Labute approximate surface area is 85.5 Å². The fourth-order valence-electron chi connectivity index (χ4n) is 1.59. The van der Waals surface area contributed by atoms with Crippen molar-refractivity contribution in [3.8, 4) is 0 Å². The fraction of sp³-hybridized carbons (Fsp3) is 0.300. The van der Waals surface area contributed by atoms with E-state index < -0.39 is 10.9 Å².